The van der Waals surface area contributed by atoms with E-state index >= 15 is 0 Å². The number of aldehydes is 1. The van der Waals surface area contributed by atoms with Crippen LogP contribution in [-0.4, -0.2) is 6.29 Å². The Morgan fingerprint density at radius 1 is 0.913 bits per heavy atom. The van der Waals surface area contributed by atoms with Gasteiger partial charge in [0, 0.05) is 16.7 Å². The molecular weight excluding hydrogens is 280 g/mol. The molecule has 0 unspecified atom stereocenters. The first-order valence-electron chi connectivity index (χ1n) is 7.59. The van der Waals surface area contributed by atoms with Gasteiger partial charge in [-0.1, -0.05) is 69.0 Å². The van der Waals surface area contributed by atoms with E-state index in [1.165, 1.54) is 0 Å². The number of benzene rings is 2. The Hall–Kier alpha value is -2.81. The van der Waals surface area contributed by atoms with E-state index in [0.717, 1.165) is 23.0 Å². The van der Waals surface area contributed by atoms with Crippen LogP contribution in [0.2, 0.25) is 0 Å². The molecule has 0 saturated heterocycles. The number of hydrogen-bond donors (Lipinski definition) is 0. The molecule has 114 valence electrons. The minimum Gasteiger partial charge on any atom is -0.298 e. The van der Waals surface area contributed by atoms with E-state index in [2.05, 4.69) is 17.6 Å². The largest absolute Gasteiger partial charge is 0.298 e. The highest BCUT2D eigenvalue weighted by Gasteiger charge is 2.15. The first-order chi connectivity index (χ1) is 11.0. The van der Waals surface area contributed by atoms with Crippen molar-refractivity contribution in [1.29, 1.82) is 0 Å². The molecule has 0 heterocycles. The van der Waals surface area contributed by atoms with E-state index in [0.29, 0.717) is 5.57 Å². The summed E-state index contributed by atoms with van der Waals surface area (Å²) in [7, 11) is 0. The van der Waals surface area contributed by atoms with Crippen molar-refractivity contribution in [2.45, 2.75) is 20.8 Å². The van der Waals surface area contributed by atoms with E-state index in [1.54, 1.807) is 0 Å². The summed E-state index contributed by atoms with van der Waals surface area (Å²) in [5, 5.41) is 0. The lowest BCUT2D eigenvalue weighted by Crippen LogP contribution is -2.09. The Balaban J connectivity index is 2.41. The number of hydrogen-bond acceptors (Lipinski definition) is 1. The SMILES string of the molecule is CC(C)(C)C(=C=Cc1ccccc1C#Cc1ccccc1)C=O. The summed E-state index contributed by atoms with van der Waals surface area (Å²) in [6, 6.07) is 17.7. The van der Waals surface area contributed by atoms with Crippen LogP contribution >= 0.6 is 0 Å². The summed E-state index contributed by atoms with van der Waals surface area (Å²) in [6.07, 6.45) is 2.71. The maximum atomic E-state index is 11.2. The van der Waals surface area contributed by atoms with E-state index in [4.69, 9.17) is 0 Å². The Morgan fingerprint density at radius 3 is 2.22 bits per heavy atom. The lowest BCUT2D eigenvalue weighted by Gasteiger charge is -2.15. The van der Waals surface area contributed by atoms with Gasteiger partial charge < -0.3 is 0 Å². The molecule has 2 aromatic carbocycles. The molecule has 0 bridgehead atoms. The molecule has 0 aliphatic rings. The highest BCUT2D eigenvalue weighted by Crippen LogP contribution is 2.22. The standard InChI is InChI=1S/C22H20O/c1-22(2,3)21(17-23)16-15-20-12-8-7-11-19(20)14-13-18-9-5-4-6-10-18/h4-12,15,17H,1-3H3. The van der Waals surface area contributed by atoms with E-state index < -0.39 is 0 Å². The van der Waals surface area contributed by atoms with Crippen LogP contribution in [0.3, 0.4) is 0 Å². The lowest BCUT2D eigenvalue weighted by atomic mass is 9.88. The molecule has 0 spiro atoms. The molecule has 0 aliphatic carbocycles. The molecule has 0 N–H and O–H groups in total. The maximum absolute atomic E-state index is 11.2. The van der Waals surface area contributed by atoms with Crippen LogP contribution in [0.25, 0.3) is 6.08 Å². The molecule has 2 aromatic rings. The first-order valence-corrected chi connectivity index (χ1v) is 7.59. The van der Waals surface area contributed by atoms with Gasteiger partial charge in [-0.3, -0.25) is 4.79 Å². The maximum Gasteiger partial charge on any atom is 0.154 e. The van der Waals surface area contributed by atoms with Crippen molar-refractivity contribution in [3.63, 3.8) is 0 Å². The van der Waals surface area contributed by atoms with Crippen molar-refractivity contribution in [2.24, 2.45) is 5.41 Å². The summed E-state index contributed by atoms with van der Waals surface area (Å²) in [6.45, 7) is 6.00. The number of carbonyl (C=O) groups excluding carboxylic acids is 1. The summed E-state index contributed by atoms with van der Waals surface area (Å²) >= 11 is 0. The van der Waals surface area contributed by atoms with Crippen molar-refractivity contribution >= 4 is 12.4 Å². The molecule has 0 amide bonds. The third-order valence-corrected chi connectivity index (χ3v) is 3.39. The third-order valence-electron chi connectivity index (χ3n) is 3.39. The highest BCUT2D eigenvalue weighted by molar-refractivity contribution is 5.76. The van der Waals surface area contributed by atoms with Crippen molar-refractivity contribution in [3.05, 3.63) is 82.6 Å². The van der Waals surface area contributed by atoms with Crippen molar-refractivity contribution in [2.75, 3.05) is 0 Å². The van der Waals surface area contributed by atoms with Crippen LogP contribution in [0.4, 0.5) is 0 Å². The minimum atomic E-state index is -0.219. The lowest BCUT2D eigenvalue weighted by molar-refractivity contribution is -0.105. The number of allylic oxidation sites excluding steroid dienone is 1. The molecule has 1 nitrogen and oxygen atoms in total. The van der Waals surface area contributed by atoms with Crippen molar-refractivity contribution in [3.8, 4) is 11.8 Å². The molecule has 23 heavy (non-hydrogen) atoms. The molecule has 0 radical (unpaired) electrons. The van der Waals surface area contributed by atoms with Crippen LogP contribution in [-0.2, 0) is 4.79 Å². The van der Waals surface area contributed by atoms with Gasteiger partial charge in [-0.15, -0.1) is 5.73 Å². The van der Waals surface area contributed by atoms with Crippen LogP contribution < -0.4 is 0 Å². The van der Waals surface area contributed by atoms with Gasteiger partial charge in [0.1, 0.15) is 0 Å². The Morgan fingerprint density at radius 2 is 1.57 bits per heavy atom. The van der Waals surface area contributed by atoms with Gasteiger partial charge in [0.05, 0.1) is 0 Å². The zero-order valence-electron chi connectivity index (χ0n) is 13.8. The van der Waals surface area contributed by atoms with Gasteiger partial charge in [0.15, 0.2) is 6.29 Å². The Kier molecular flexibility index (Phi) is 5.36. The summed E-state index contributed by atoms with van der Waals surface area (Å²) in [5.41, 5.74) is 6.40. The van der Waals surface area contributed by atoms with E-state index in [9.17, 15) is 4.79 Å². The molecule has 0 fully saturated rings. The van der Waals surface area contributed by atoms with E-state index in [-0.39, 0.29) is 5.41 Å². The molecular formula is C22H20O. The Bertz CT molecular complexity index is 802. The van der Waals surface area contributed by atoms with Gasteiger partial charge in [-0.25, -0.2) is 0 Å². The zero-order chi connectivity index (χ0) is 16.7. The normalized spacial score (nSPS) is 10.0. The second-order valence-corrected chi connectivity index (χ2v) is 6.27. The summed E-state index contributed by atoms with van der Waals surface area (Å²) in [5.74, 6) is 6.35. The average Bonchev–Trinajstić information content (AvgIpc) is 2.54. The van der Waals surface area contributed by atoms with Crippen LogP contribution in [0.15, 0.2) is 65.9 Å². The highest BCUT2D eigenvalue weighted by atomic mass is 16.1. The van der Waals surface area contributed by atoms with Crippen LogP contribution in [0, 0.1) is 17.3 Å². The molecule has 1 heteroatoms. The topological polar surface area (TPSA) is 17.1 Å². The predicted molar refractivity (Wildman–Crippen MR) is 95.9 cm³/mol. The van der Waals surface area contributed by atoms with Gasteiger partial charge in [-0.2, -0.15) is 0 Å². The molecule has 2 rings (SSSR count). The van der Waals surface area contributed by atoms with Gasteiger partial charge in [0.25, 0.3) is 0 Å². The van der Waals surface area contributed by atoms with E-state index in [1.807, 2.05) is 81.4 Å². The Labute approximate surface area is 138 Å². The smallest absolute Gasteiger partial charge is 0.154 e. The minimum absolute atomic E-state index is 0.219. The molecule has 0 aliphatic heterocycles. The quantitative estimate of drug-likeness (QED) is 0.335. The second-order valence-electron chi connectivity index (χ2n) is 6.27. The number of rotatable bonds is 2. The monoisotopic (exact) mass is 300 g/mol. The zero-order valence-corrected chi connectivity index (χ0v) is 13.8. The number of carbonyl (C=O) groups is 1. The van der Waals surface area contributed by atoms with Gasteiger partial charge >= 0.3 is 0 Å². The molecule has 0 aromatic heterocycles. The third kappa shape index (κ3) is 4.85. The average molecular weight is 300 g/mol. The predicted octanol–water partition coefficient (Wildman–Crippen LogP) is 4.87. The fourth-order valence-corrected chi connectivity index (χ4v) is 1.98. The van der Waals surface area contributed by atoms with Crippen molar-refractivity contribution < 1.29 is 4.79 Å². The van der Waals surface area contributed by atoms with Crippen molar-refractivity contribution in [1.82, 2.24) is 0 Å². The first kappa shape index (κ1) is 16.6. The van der Waals surface area contributed by atoms with Crippen LogP contribution in [0.1, 0.15) is 37.5 Å². The van der Waals surface area contributed by atoms with Crippen LogP contribution in [0.5, 0.6) is 0 Å². The fourth-order valence-electron chi connectivity index (χ4n) is 1.98. The summed E-state index contributed by atoms with van der Waals surface area (Å²) < 4.78 is 0. The summed E-state index contributed by atoms with van der Waals surface area (Å²) in [4.78, 5) is 11.2. The van der Waals surface area contributed by atoms with Gasteiger partial charge in [0.2, 0.25) is 0 Å². The molecule has 0 atom stereocenters. The van der Waals surface area contributed by atoms with Gasteiger partial charge in [-0.05, 0) is 35.3 Å². The fraction of sp³-hybridized carbons (Fsp3) is 0.182. The molecule has 0 saturated carbocycles. The second kappa shape index (κ2) is 7.45.